The molecule has 0 rings (SSSR count). The van der Waals surface area contributed by atoms with Gasteiger partial charge in [-0.2, -0.15) is 0 Å². The summed E-state index contributed by atoms with van der Waals surface area (Å²) in [7, 11) is 0. The third-order valence-electron chi connectivity index (χ3n) is 4.48. The fourth-order valence-electron chi connectivity index (χ4n) is 1.97. The van der Waals surface area contributed by atoms with Gasteiger partial charge >= 0.3 is 27.3 Å². The summed E-state index contributed by atoms with van der Waals surface area (Å²) in [5, 5.41) is 40.0. The minimum Gasteiger partial charge on any atom is -0.545 e. The molecular weight excluding hydrogens is 672 g/mol. The van der Waals surface area contributed by atoms with Gasteiger partial charge in [0.1, 0.15) is 0 Å². The molecule has 0 radical (unpaired) electrons. The van der Waals surface area contributed by atoms with Crippen molar-refractivity contribution in [3.05, 3.63) is 48.6 Å². The SMILES string of the molecule is C=C(CCCC)C(=O)[O-].C=C(CCCC)C(=O)[O-].C=C(CCCC)C(=O)[O-].C=C(CCCC)C(=O)[O-].[Pb+4]. The maximum atomic E-state index is 9.99. The first kappa shape index (κ1) is 44.7. The Balaban J connectivity index is -0.000000122. The molecule has 37 heavy (non-hydrogen) atoms. The zero-order valence-electron chi connectivity index (χ0n) is 23.1. The summed E-state index contributed by atoms with van der Waals surface area (Å²) in [4.78, 5) is 40.0. The van der Waals surface area contributed by atoms with Gasteiger partial charge in [-0.25, -0.2) is 0 Å². The first-order valence-electron chi connectivity index (χ1n) is 12.3. The van der Waals surface area contributed by atoms with Crippen molar-refractivity contribution in [3.63, 3.8) is 0 Å². The van der Waals surface area contributed by atoms with E-state index >= 15 is 0 Å². The number of carboxylic acids is 4. The molecule has 0 saturated carbocycles. The third-order valence-corrected chi connectivity index (χ3v) is 4.48. The topological polar surface area (TPSA) is 161 Å². The second-order valence-electron chi connectivity index (χ2n) is 7.98. The molecule has 0 fully saturated rings. The molecule has 0 aliphatic carbocycles. The van der Waals surface area contributed by atoms with Gasteiger partial charge in [-0.15, -0.1) is 0 Å². The Labute approximate surface area is 243 Å². The van der Waals surface area contributed by atoms with Crippen LogP contribution in [-0.4, -0.2) is 51.2 Å². The van der Waals surface area contributed by atoms with Crippen LogP contribution in [0.15, 0.2) is 48.6 Å². The predicted molar refractivity (Wildman–Crippen MR) is 140 cm³/mol. The van der Waals surface area contributed by atoms with E-state index in [2.05, 4.69) is 26.3 Å². The molecular formula is C28H44O8Pb. The van der Waals surface area contributed by atoms with E-state index in [1.807, 2.05) is 27.7 Å². The van der Waals surface area contributed by atoms with Crippen molar-refractivity contribution in [2.45, 2.75) is 105 Å². The minimum absolute atomic E-state index is 0. The fourth-order valence-corrected chi connectivity index (χ4v) is 1.97. The Hall–Kier alpha value is -2.24. The maximum absolute atomic E-state index is 9.99. The fraction of sp³-hybridized carbons (Fsp3) is 0.571. The Bertz CT molecular complexity index is 591. The van der Waals surface area contributed by atoms with Crippen LogP contribution in [0.4, 0.5) is 0 Å². The van der Waals surface area contributed by atoms with Crippen LogP contribution < -0.4 is 20.4 Å². The van der Waals surface area contributed by atoms with E-state index < -0.39 is 23.9 Å². The van der Waals surface area contributed by atoms with Crippen molar-refractivity contribution in [2.24, 2.45) is 0 Å². The Morgan fingerprint density at radius 3 is 0.649 bits per heavy atom. The van der Waals surface area contributed by atoms with Gasteiger partial charge in [0, 0.05) is 0 Å². The van der Waals surface area contributed by atoms with E-state index in [-0.39, 0.29) is 49.6 Å². The van der Waals surface area contributed by atoms with Crippen molar-refractivity contribution in [1.29, 1.82) is 0 Å². The molecule has 0 heterocycles. The number of rotatable bonds is 16. The summed E-state index contributed by atoms with van der Waals surface area (Å²) in [6.07, 6.45) is 9.71. The van der Waals surface area contributed by atoms with Gasteiger partial charge < -0.3 is 39.6 Å². The van der Waals surface area contributed by atoms with Crippen molar-refractivity contribution in [1.82, 2.24) is 0 Å². The van der Waals surface area contributed by atoms with Crippen molar-refractivity contribution < 1.29 is 39.6 Å². The van der Waals surface area contributed by atoms with E-state index in [4.69, 9.17) is 0 Å². The van der Waals surface area contributed by atoms with Crippen molar-refractivity contribution >= 4 is 51.2 Å². The summed E-state index contributed by atoms with van der Waals surface area (Å²) in [6, 6.07) is 0. The Morgan fingerprint density at radius 2 is 0.568 bits per heavy atom. The zero-order valence-corrected chi connectivity index (χ0v) is 27.0. The second kappa shape index (κ2) is 31.8. The van der Waals surface area contributed by atoms with Gasteiger partial charge in [-0.3, -0.25) is 0 Å². The van der Waals surface area contributed by atoms with E-state index in [1.54, 1.807) is 0 Å². The monoisotopic (exact) mass is 716 g/mol. The molecule has 0 aliphatic rings. The van der Waals surface area contributed by atoms with E-state index in [0.29, 0.717) is 25.7 Å². The average molecular weight is 716 g/mol. The molecule has 0 atom stereocenters. The minimum atomic E-state index is -1.12. The van der Waals surface area contributed by atoms with Crippen LogP contribution in [0.5, 0.6) is 0 Å². The summed E-state index contributed by atoms with van der Waals surface area (Å²) in [6.45, 7) is 21.3. The van der Waals surface area contributed by atoms with Gasteiger partial charge in [0.15, 0.2) is 0 Å². The number of aliphatic carboxylic acids is 4. The number of carbonyl (C=O) groups excluding carboxylic acids is 4. The molecule has 0 aromatic heterocycles. The molecule has 0 aromatic carbocycles. The van der Waals surface area contributed by atoms with Gasteiger partial charge in [-0.05, 0) is 73.7 Å². The Morgan fingerprint density at radius 1 is 0.432 bits per heavy atom. The largest absolute Gasteiger partial charge is 4.00 e. The maximum Gasteiger partial charge on any atom is 4.00 e. The number of carboxylic acid groups (broad SMARTS) is 4. The third kappa shape index (κ3) is 38.5. The molecule has 9 heteroatoms. The Kier molecular flexibility index (Phi) is 38.4. The molecule has 0 saturated heterocycles. The summed E-state index contributed by atoms with van der Waals surface area (Å²) >= 11 is 0. The van der Waals surface area contributed by atoms with Crippen LogP contribution >= 0.6 is 0 Å². The molecule has 208 valence electrons. The van der Waals surface area contributed by atoms with Crippen LogP contribution in [0.1, 0.15) is 105 Å². The van der Waals surface area contributed by atoms with Gasteiger partial charge in [0.25, 0.3) is 0 Å². The normalized spacial score (nSPS) is 8.76. The quantitative estimate of drug-likeness (QED) is 0.172. The van der Waals surface area contributed by atoms with E-state index in [1.165, 1.54) is 0 Å². The summed E-state index contributed by atoms with van der Waals surface area (Å²) < 4.78 is 0. The number of hydrogen-bond donors (Lipinski definition) is 0. The first-order valence-corrected chi connectivity index (χ1v) is 12.3. The molecule has 0 unspecified atom stereocenters. The van der Waals surface area contributed by atoms with Gasteiger partial charge in [0.2, 0.25) is 0 Å². The van der Waals surface area contributed by atoms with Crippen LogP contribution in [-0.2, 0) is 19.2 Å². The predicted octanol–water partition coefficient (Wildman–Crippen LogP) is 1.55. The second-order valence-corrected chi connectivity index (χ2v) is 7.98. The van der Waals surface area contributed by atoms with Crippen LogP contribution in [0.25, 0.3) is 0 Å². The molecule has 0 amide bonds. The zero-order chi connectivity index (χ0) is 29.1. The van der Waals surface area contributed by atoms with E-state index in [0.717, 1.165) is 51.4 Å². The van der Waals surface area contributed by atoms with Crippen molar-refractivity contribution in [3.8, 4) is 0 Å². The standard InChI is InChI=1S/4C7H12O2.Pb/c4*1-3-4-5-6(2)7(8)9;/h4*2-5H2,1H3,(H,8,9);/q;;;;+4/p-4. The summed E-state index contributed by atoms with van der Waals surface area (Å²) in [5.41, 5.74) is 0.822. The van der Waals surface area contributed by atoms with E-state index in [9.17, 15) is 39.6 Å². The molecule has 8 nitrogen and oxygen atoms in total. The van der Waals surface area contributed by atoms with Crippen LogP contribution in [0, 0.1) is 0 Å². The van der Waals surface area contributed by atoms with Crippen LogP contribution in [0.3, 0.4) is 0 Å². The molecule has 0 aliphatic heterocycles. The average Bonchev–Trinajstić information content (AvgIpc) is 2.83. The number of unbranched alkanes of at least 4 members (excludes halogenated alkanes) is 4. The van der Waals surface area contributed by atoms with Gasteiger partial charge in [-0.1, -0.05) is 79.7 Å². The molecule has 0 N–H and O–H groups in total. The number of hydrogen-bond acceptors (Lipinski definition) is 8. The summed E-state index contributed by atoms with van der Waals surface area (Å²) in [5.74, 6) is -4.49. The molecule has 0 spiro atoms. The molecule has 0 aromatic rings. The van der Waals surface area contributed by atoms with Crippen molar-refractivity contribution in [2.75, 3.05) is 0 Å². The first-order chi connectivity index (χ1) is 16.7. The smallest absolute Gasteiger partial charge is 0.545 e. The van der Waals surface area contributed by atoms with Gasteiger partial charge in [0.05, 0.1) is 23.9 Å². The molecule has 0 bridgehead atoms. The van der Waals surface area contributed by atoms with Crippen LogP contribution in [0.2, 0.25) is 0 Å². The number of carbonyl (C=O) groups is 4.